The van der Waals surface area contributed by atoms with Crippen molar-refractivity contribution in [3.63, 3.8) is 0 Å². The second-order valence-corrected chi connectivity index (χ2v) is 2.68. The fourth-order valence-electron chi connectivity index (χ4n) is 0.765. The molecule has 0 radical (unpaired) electrons. The first-order valence-electron chi connectivity index (χ1n) is 3.77. The van der Waals surface area contributed by atoms with E-state index < -0.39 is 18.1 Å². The summed E-state index contributed by atoms with van der Waals surface area (Å²) in [7, 11) is 0. The molecule has 0 spiro atoms. The lowest BCUT2D eigenvalue weighted by atomic mass is 10.1. The maximum absolute atomic E-state index is 10.2. The maximum atomic E-state index is 10.2. The van der Waals surface area contributed by atoms with E-state index in [9.17, 15) is 9.59 Å². The van der Waals surface area contributed by atoms with Crippen molar-refractivity contribution < 1.29 is 14.7 Å². The Hall–Kier alpha value is -0.940. The summed E-state index contributed by atoms with van der Waals surface area (Å²) >= 11 is 0. The van der Waals surface area contributed by atoms with Gasteiger partial charge in [0.05, 0.1) is 6.04 Å². The molecule has 0 aliphatic carbocycles. The van der Waals surface area contributed by atoms with Gasteiger partial charge in [0, 0.05) is 0 Å². The molecule has 0 fully saturated rings. The number of carboxylic acids is 1. The monoisotopic (exact) mass is 174 g/mol. The lowest BCUT2D eigenvalue weighted by Gasteiger charge is -2.06. The zero-order valence-corrected chi connectivity index (χ0v) is 6.77. The third-order valence-corrected chi connectivity index (χ3v) is 1.54. The molecule has 0 aliphatic heterocycles. The van der Waals surface area contributed by atoms with Crippen molar-refractivity contribution in [2.75, 3.05) is 0 Å². The third kappa shape index (κ3) is 4.81. The minimum absolute atomic E-state index is 0.358. The van der Waals surface area contributed by atoms with Crippen LogP contribution in [0.2, 0.25) is 0 Å². The van der Waals surface area contributed by atoms with E-state index in [1.807, 2.05) is 0 Å². The smallest absolute Gasteiger partial charge is 0.320 e. The molecule has 0 aromatic rings. The zero-order chi connectivity index (χ0) is 9.56. The largest absolute Gasteiger partial charge is 0.480 e. The maximum Gasteiger partial charge on any atom is 0.320 e. The molecular weight excluding hydrogens is 160 g/mol. The lowest BCUT2D eigenvalue weighted by molar-refractivity contribution is -0.138. The Morgan fingerprint density at radius 3 is 2.42 bits per heavy atom. The SMILES string of the molecule is NC(C=O)CCCC(N)C(=O)O. The van der Waals surface area contributed by atoms with Crippen LogP contribution in [0.5, 0.6) is 0 Å². The molecule has 5 N–H and O–H groups in total. The third-order valence-electron chi connectivity index (χ3n) is 1.54. The average Bonchev–Trinajstić information content (AvgIpc) is 2.03. The van der Waals surface area contributed by atoms with Crippen LogP contribution in [0.1, 0.15) is 19.3 Å². The Bertz CT molecular complexity index is 161. The second kappa shape index (κ2) is 5.68. The van der Waals surface area contributed by atoms with Crippen LogP contribution < -0.4 is 11.5 Å². The summed E-state index contributed by atoms with van der Waals surface area (Å²) in [6.45, 7) is 0. The minimum Gasteiger partial charge on any atom is -0.480 e. The van der Waals surface area contributed by atoms with E-state index in [0.717, 1.165) is 0 Å². The summed E-state index contributed by atoms with van der Waals surface area (Å²) in [5.74, 6) is -1.02. The van der Waals surface area contributed by atoms with Gasteiger partial charge in [-0.2, -0.15) is 0 Å². The number of carbonyl (C=O) groups excluding carboxylic acids is 1. The van der Waals surface area contributed by atoms with E-state index in [1.54, 1.807) is 0 Å². The van der Waals surface area contributed by atoms with Crippen molar-refractivity contribution >= 4 is 12.3 Å². The Morgan fingerprint density at radius 1 is 1.42 bits per heavy atom. The Labute approximate surface area is 70.7 Å². The molecule has 0 aliphatic rings. The average molecular weight is 174 g/mol. The van der Waals surface area contributed by atoms with Gasteiger partial charge in [0.15, 0.2) is 0 Å². The van der Waals surface area contributed by atoms with Crippen LogP contribution in [0.15, 0.2) is 0 Å². The molecule has 70 valence electrons. The molecule has 0 amide bonds. The van der Waals surface area contributed by atoms with E-state index in [2.05, 4.69) is 0 Å². The number of carbonyl (C=O) groups is 2. The molecule has 0 heterocycles. The van der Waals surface area contributed by atoms with Gasteiger partial charge in [-0.25, -0.2) is 0 Å². The van der Waals surface area contributed by atoms with Crippen molar-refractivity contribution in [2.45, 2.75) is 31.3 Å². The first-order valence-corrected chi connectivity index (χ1v) is 3.77. The van der Waals surface area contributed by atoms with Crippen molar-refractivity contribution in [3.8, 4) is 0 Å². The van der Waals surface area contributed by atoms with Crippen LogP contribution in [-0.4, -0.2) is 29.4 Å². The van der Waals surface area contributed by atoms with Gasteiger partial charge in [-0.15, -0.1) is 0 Å². The molecule has 0 saturated carbocycles. The molecule has 5 nitrogen and oxygen atoms in total. The topological polar surface area (TPSA) is 106 Å². The van der Waals surface area contributed by atoms with Gasteiger partial charge in [0.1, 0.15) is 12.3 Å². The van der Waals surface area contributed by atoms with Gasteiger partial charge in [-0.1, -0.05) is 0 Å². The van der Waals surface area contributed by atoms with Gasteiger partial charge in [0.2, 0.25) is 0 Å². The van der Waals surface area contributed by atoms with Crippen molar-refractivity contribution in [1.82, 2.24) is 0 Å². The Kier molecular flexibility index (Phi) is 5.23. The fraction of sp³-hybridized carbons (Fsp3) is 0.714. The molecule has 0 bridgehead atoms. The number of hydrogen-bond acceptors (Lipinski definition) is 4. The molecule has 0 aromatic carbocycles. The van der Waals surface area contributed by atoms with Gasteiger partial charge in [0.25, 0.3) is 0 Å². The number of carboxylic acid groups (broad SMARTS) is 1. The molecule has 2 unspecified atom stereocenters. The van der Waals surface area contributed by atoms with E-state index >= 15 is 0 Å². The van der Waals surface area contributed by atoms with Gasteiger partial charge in [-0.05, 0) is 19.3 Å². The number of hydrogen-bond donors (Lipinski definition) is 3. The highest BCUT2D eigenvalue weighted by molar-refractivity contribution is 5.72. The summed E-state index contributed by atoms with van der Waals surface area (Å²) in [5, 5.41) is 8.38. The number of rotatable bonds is 6. The highest BCUT2D eigenvalue weighted by Gasteiger charge is 2.11. The fourth-order valence-corrected chi connectivity index (χ4v) is 0.765. The summed E-state index contributed by atoms with van der Waals surface area (Å²) < 4.78 is 0. The van der Waals surface area contributed by atoms with E-state index in [4.69, 9.17) is 16.6 Å². The Morgan fingerprint density at radius 2 is 2.00 bits per heavy atom. The highest BCUT2D eigenvalue weighted by Crippen LogP contribution is 2.00. The van der Waals surface area contributed by atoms with Crippen LogP contribution in [0.4, 0.5) is 0 Å². The van der Waals surface area contributed by atoms with Crippen LogP contribution in [-0.2, 0) is 9.59 Å². The summed E-state index contributed by atoms with van der Waals surface area (Å²) in [6.07, 6.45) is 2.06. The molecule has 0 rings (SSSR count). The number of aliphatic carboxylic acids is 1. The molecule has 5 heteroatoms. The number of nitrogens with two attached hydrogens (primary N) is 2. The van der Waals surface area contributed by atoms with Crippen LogP contribution >= 0.6 is 0 Å². The molecular formula is C7H14N2O3. The van der Waals surface area contributed by atoms with Crippen molar-refractivity contribution in [2.24, 2.45) is 11.5 Å². The summed E-state index contributed by atoms with van der Waals surface area (Å²) in [5.41, 5.74) is 10.5. The van der Waals surface area contributed by atoms with Crippen molar-refractivity contribution in [3.05, 3.63) is 0 Å². The molecule has 0 saturated heterocycles. The summed E-state index contributed by atoms with van der Waals surface area (Å²) in [4.78, 5) is 20.3. The first kappa shape index (κ1) is 11.1. The standard InChI is InChI=1S/C7H14N2O3/c8-5(4-10)2-1-3-6(9)7(11)12/h4-6H,1-3,8-9H2,(H,11,12). The second-order valence-electron chi connectivity index (χ2n) is 2.68. The van der Waals surface area contributed by atoms with Crippen LogP contribution in [0.3, 0.4) is 0 Å². The predicted octanol–water partition coefficient (Wildman–Crippen LogP) is -0.905. The minimum atomic E-state index is -1.02. The van der Waals surface area contributed by atoms with Crippen LogP contribution in [0, 0.1) is 0 Å². The number of aldehydes is 1. The van der Waals surface area contributed by atoms with Gasteiger partial charge in [-0.3, -0.25) is 4.79 Å². The molecule has 0 aromatic heterocycles. The quantitative estimate of drug-likeness (QED) is 0.452. The normalized spacial score (nSPS) is 15.2. The zero-order valence-electron chi connectivity index (χ0n) is 6.77. The summed E-state index contributed by atoms with van der Waals surface area (Å²) in [6, 6.07) is -1.34. The molecule has 12 heavy (non-hydrogen) atoms. The predicted molar refractivity (Wildman–Crippen MR) is 43.5 cm³/mol. The van der Waals surface area contributed by atoms with E-state index in [1.165, 1.54) is 0 Å². The lowest BCUT2D eigenvalue weighted by Crippen LogP contribution is -2.30. The Balaban J connectivity index is 3.43. The van der Waals surface area contributed by atoms with E-state index in [0.29, 0.717) is 25.5 Å². The van der Waals surface area contributed by atoms with Crippen LogP contribution in [0.25, 0.3) is 0 Å². The molecule has 2 atom stereocenters. The van der Waals surface area contributed by atoms with E-state index in [-0.39, 0.29) is 0 Å². The van der Waals surface area contributed by atoms with Crippen molar-refractivity contribution in [1.29, 1.82) is 0 Å². The van der Waals surface area contributed by atoms with Gasteiger partial charge >= 0.3 is 5.97 Å². The first-order chi connectivity index (χ1) is 5.57. The highest BCUT2D eigenvalue weighted by atomic mass is 16.4. The van der Waals surface area contributed by atoms with Gasteiger partial charge < -0.3 is 21.4 Å².